The maximum atomic E-state index is 13.3. The van der Waals surface area contributed by atoms with E-state index in [9.17, 15) is 4.79 Å². The third kappa shape index (κ3) is 5.05. The number of amides is 1. The van der Waals surface area contributed by atoms with E-state index in [1.807, 2.05) is 41.3 Å². The van der Waals surface area contributed by atoms with Gasteiger partial charge in [-0.2, -0.15) is 0 Å². The van der Waals surface area contributed by atoms with E-state index in [-0.39, 0.29) is 24.4 Å². The van der Waals surface area contributed by atoms with E-state index in [2.05, 4.69) is 24.1 Å². The Hall–Kier alpha value is -1.91. The van der Waals surface area contributed by atoms with Crippen molar-refractivity contribution in [3.05, 3.63) is 65.0 Å². The monoisotopic (exact) mass is 373 g/mol. The van der Waals surface area contributed by atoms with Gasteiger partial charge < -0.3 is 10.2 Å². The lowest BCUT2D eigenvalue weighted by Crippen LogP contribution is -2.40. The Bertz CT molecular complexity index is 712. The fourth-order valence-electron chi connectivity index (χ4n) is 3.39. The van der Waals surface area contributed by atoms with Gasteiger partial charge >= 0.3 is 0 Å². The number of halogens is 1. The lowest BCUT2D eigenvalue weighted by molar-refractivity contribution is 0.0642. The second kappa shape index (κ2) is 9.70. The van der Waals surface area contributed by atoms with Crippen LogP contribution in [-0.2, 0) is 6.54 Å². The molecule has 0 aliphatic carbocycles. The molecule has 1 aliphatic heterocycles. The van der Waals surface area contributed by atoms with Crippen molar-refractivity contribution in [1.29, 1.82) is 0 Å². The van der Waals surface area contributed by atoms with Crippen molar-refractivity contribution < 1.29 is 4.79 Å². The highest BCUT2D eigenvalue weighted by molar-refractivity contribution is 5.94. The highest BCUT2D eigenvalue weighted by Crippen LogP contribution is 2.20. The number of rotatable bonds is 4. The maximum absolute atomic E-state index is 13.3. The number of aryl methyl sites for hydroxylation is 2. The van der Waals surface area contributed by atoms with Crippen molar-refractivity contribution in [2.75, 3.05) is 13.1 Å². The average Bonchev–Trinajstić information content (AvgIpc) is 2.91. The summed E-state index contributed by atoms with van der Waals surface area (Å²) >= 11 is 0. The second-order valence-corrected chi connectivity index (χ2v) is 6.89. The summed E-state index contributed by atoms with van der Waals surface area (Å²) in [6, 6.07) is 12.1. The number of carbonyl (C=O) groups excluding carboxylic acids is 1. The molecule has 26 heavy (non-hydrogen) atoms. The first kappa shape index (κ1) is 20.4. The topological polar surface area (TPSA) is 45.2 Å². The number of aromatic nitrogens is 1. The molecule has 1 saturated heterocycles. The molecule has 1 unspecified atom stereocenters. The first-order valence-electron chi connectivity index (χ1n) is 9.14. The molecule has 1 amide bonds. The Balaban J connectivity index is 0.00000243. The number of hydrogen-bond acceptors (Lipinski definition) is 3. The van der Waals surface area contributed by atoms with Crippen LogP contribution in [0.3, 0.4) is 0 Å². The minimum atomic E-state index is 0. The first-order valence-corrected chi connectivity index (χ1v) is 9.14. The zero-order valence-electron chi connectivity index (χ0n) is 15.6. The van der Waals surface area contributed by atoms with Gasteiger partial charge in [-0.05, 0) is 81.6 Å². The molecule has 1 atom stereocenters. The van der Waals surface area contributed by atoms with Gasteiger partial charge in [0.25, 0.3) is 5.91 Å². The number of benzene rings is 1. The Labute approximate surface area is 162 Å². The van der Waals surface area contributed by atoms with Gasteiger partial charge in [0.1, 0.15) is 0 Å². The lowest BCUT2D eigenvalue weighted by atomic mass is 10.0. The molecule has 0 saturated carbocycles. The van der Waals surface area contributed by atoms with Gasteiger partial charge in [0.05, 0.1) is 12.2 Å². The zero-order chi connectivity index (χ0) is 17.6. The van der Waals surface area contributed by atoms with Crippen LogP contribution in [0.25, 0.3) is 0 Å². The van der Waals surface area contributed by atoms with Crippen LogP contribution in [0, 0.1) is 13.8 Å². The zero-order valence-corrected chi connectivity index (χ0v) is 16.4. The van der Waals surface area contributed by atoms with Crippen molar-refractivity contribution in [1.82, 2.24) is 15.2 Å². The standard InChI is InChI=1S/C21H27N3O.ClH/c1-16-8-9-18(14-17(16)2)21(25)24(15-19-6-3-4-12-23-19)20-7-5-11-22-13-10-20;/h3-4,6,8-9,12,14,20,22H,5,7,10-11,13,15H2,1-2H3;1H. The number of nitrogens with one attached hydrogen (secondary N) is 1. The largest absolute Gasteiger partial charge is 0.330 e. The summed E-state index contributed by atoms with van der Waals surface area (Å²) in [5.41, 5.74) is 4.09. The molecule has 0 bridgehead atoms. The Morgan fingerprint density at radius 3 is 2.73 bits per heavy atom. The van der Waals surface area contributed by atoms with Gasteiger partial charge in [-0.3, -0.25) is 9.78 Å². The van der Waals surface area contributed by atoms with Crippen LogP contribution in [0.1, 0.15) is 46.4 Å². The number of carbonyl (C=O) groups is 1. The molecule has 1 fully saturated rings. The molecule has 5 heteroatoms. The molecule has 4 nitrogen and oxygen atoms in total. The molecule has 2 heterocycles. The van der Waals surface area contributed by atoms with Crippen LogP contribution in [0.15, 0.2) is 42.6 Å². The molecule has 0 spiro atoms. The van der Waals surface area contributed by atoms with E-state index in [0.29, 0.717) is 6.54 Å². The third-order valence-electron chi connectivity index (χ3n) is 5.06. The van der Waals surface area contributed by atoms with Crippen LogP contribution in [0.4, 0.5) is 0 Å². The van der Waals surface area contributed by atoms with Crippen molar-refractivity contribution in [2.24, 2.45) is 0 Å². The van der Waals surface area contributed by atoms with Crippen molar-refractivity contribution in [3.63, 3.8) is 0 Å². The molecule has 1 aliphatic rings. The van der Waals surface area contributed by atoms with Gasteiger partial charge in [0.15, 0.2) is 0 Å². The van der Waals surface area contributed by atoms with Crippen molar-refractivity contribution in [2.45, 2.75) is 45.7 Å². The van der Waals surface area contributed by atoms with E-state index < -0.39 is 0 Å². The van der Waals surface area contributed by atoms with Crippen molar-refractivity contribution >= 4 is 18.3 Å². The fraction of sp³-hybridized carbons (Fsp3) is 0.429. The van der Waals surface area contributed by atoms with Gasteiger partial charge in [-0.1, -0.05) is 12.1 Å². The van der Waals surface area contributed by atoms with Crippen LogP contribution in [-0.4, -0.2) is 34.9 Å². The van der Waals surface area contributed by atoms with Crippen LogP contribution in [0.5, 0.6) is 0 Å². The summed E-state index contributed by atoms with van der Waals surface area (Å²) in [5, 5.41) is 3.44. The summed E-state index contributed by atoms with van der Waals surface area (Å²) < 4.78 is 0. The fourth-order valence-corrected chi connectivity index (χ4v) is 3.39. The van der Waals surface area contributed by atoms with Gasteiger partial charge in [-0.25, -0.2) is 0 Å². The Morgan fingerprint density at radius 1 is 1.15 bits per heavy atom. The minimum Gasteiger partial charge on any atom is -0.330 e. The molecule has 2 aromatic rings. The van der Waals surface area contributed by atoms with Gasteiger partial charge in [0, 0.05) is 17.8 Å². The minimum absolute atomic E-state index is 0. The number of nitrogens with zero attached hydrogens (tertiary/aromatic N) is 2. The van der Waals surface area contributed by atoms with E-state index >= 15 is 0 Å². The van der Waals surface area contributed by atoms with Gasteiger partial charge in [0.2, 0.25) is 0 Å². The molecule has 0 radical (unpaired) electrons. The predicted octanol–water partition coefficient (Wildman–Crippen LogP) is 3.90. The summed E-state index contributed by atoms with van der Waals surface area (Å²) in [5.74, 6) is 0.112. The highest BCUT2D eigenvalue weighted by Gasteiger charge is 2.26. The van der Waals surface area contributed by atoms with Gasteiger partial charge in [-0.15, -0.1) is 12.4 Å². The first-order chi connectivity index (χ1) is 12.1. The van der Waals surface area contributed by atoms with Crippen LogP contribution < -0.4 is 5.32 Å². The summed E-state index contributed by atoms with van der Waals surface area (Å²) in [6.07, 6.45) is 4.92. The lowest BCUT2D eigenvalue weighted by Gasteiger charge is -2.31. The smallest absolute Gasteiger partial charge is 0.254 e. The summed E-state index contributed by atoms with van der Waals surface area (Å²) in [4.78, 5) is 19.8. The average molecular weight is 374 g/mol. The molecule has 3 rings (SSSR count). The second-order valence-electron chi connectivity index (χ2n) is 6.89. The third-order valence-corrected chi connectivity index (χ3v) is 5.06. The highest BCUT2D eigenvalue weighted by atomic mass is 35.5. The number of hydrogen-bond donors (Lipinski definition) is 1. The van der Waals surface area contributed by atoms with E-state index in [1.165, 1.54) is 5.56 Å². The SMILES string of the molecule is Cc1ccc(C(=O)N(Cc2ccccn2)C2CCCNCC2)cc1C.Cl. The molecule has 1 N–H and O–H groups in total. The number of pyridine rings is 1. The molecule has 1 aromatic heterocycles. The van der Waals surface area contributed by atoms with Crippen LogP contribution >= 0.6 is 12.4 Å². The molecule has 1 aromatic carbocycles. The predicted molar refractivity (Wildman–Crippen MR) is 108 cm³/mol. The van der Waals surface area contributed by atoms with Crippen LogP contribution in [0.2, 0.25) is 0 Å². The van der Waals surface area contributed by atoms with E-state index in [0.717, 1.165) is 49.2 Å². The summed E-state index contributed by atoms with van der Waals surface area (Å²) in [7, 11) is 0. The molecular weight excluding hydrogens is 346 g/mol. The molecular formula is C21H28ClN3O. The van der Waals surface area contributed by atoms with E-state index in [1.54, 1.807) is 6.20 Å². The Kier molecular flexibility index (Phi) is 7.61. The normalized spacial score (nSPS) is 17.1. The Morgan fingerprint density at radius 2 is 2.00 bits per heavy atom. The molecule has 140 valence electrons. The summed E-state index contributed by atoms with van der Waals surface area (Å²) in [6.45, 7) is 6.70. The quantitative estimate of drug-likeness (QED) is 0.883. The maximum Gasteiger partial charge on any atom is 0.254 e. The van der Waals surface area contributed by atoms with E-state index in [4.69, 9.17) is 0 Å². The van der Waals surface area contributed by atoms with Crippen molar-refractivity contribution in [3.8, 4) is 0 Å².